The van der Waals surface area contributed by atoms with Crippen LogP contribution in [-0.4, -0.2) is 34.0 Å². The first-order valence-corrected chi connectivity index (χ1v) is 11.5. The molecule has 0 aliphatic carbocycles. The lowest BCUT2D eigenvalue weighted by Crippen LogP contribution is -2.43. The lowest BCUT2D eigenvalue weighted by atomic mass is 10.0. The van der Waals surface area contributed by atoms with Crippen LogP contribution in [0.3, 0.4) is 0 Å². The van der Waals surface area contributed by atoms with Crippen molar-refractivity contribution in [2.24, 2.45) is 0 Å². The van der Waals surface area contributed by atoms with E-state index >= 15 is 0 Å². The molecule has 3 heterocycles. The lowest BCUT2D eigenvalue weighted by molar-refractivity contribution is -0.118. The molecule has 0 saturated heterocycles. The summed E-state index contributed by atoms with van der Waals surface area (Å²) < 4.78 is 5.44. The quantitative estimate of drug-likeness (QED) is 0.369. The van der Waals surface area contributed by atoms with Crippen LogP contribution in [0.25, 0.3) is 11.1 Å². The van der Waals surface area contributed by atoms with Gasteiger partial charge in [-0.2, -0.15) is 0 Å². The summed E-state index contributed by atoms with van der Waals surface area (Å²) in [6, 6.07) is 20.8. The van der Waals surface area contributed by atoms with Crippen LogP contribution in [0.2, 0.25) is 0 Å². The molecule has 0 aliphatic heterocycles. The fourth-order valence-electron chi connectivity index (χ4n) is 3.90. The van der Waals surface area contributed by atoms with Crippen LogP contribution in [0, 0.1) is 6.92 Å². The van der Waals surface area contributed by atoms with Crippen molar-refractivity contribution in [1.82, 2.24) is 20.3 Å². The normalized spacial score (nSPS) is 12.5. The predicted molar refractivity (Wildman–Crippen MR) is 137 cm³/mol. The smallest absolute Gasteiger partial charge is 0.242 e. The summed E-state index contributed by atoms with van der Waals surface area (Å²) in [6.45, 7) is 3.94. The molecule has 178 valence electrons. The van der Waals surface area contributed by atoms with Crippen molar-refractivity contribution < 1.29 is 9.53 Å². The number of aromatic nitrogens is 3. The largest absolute Gasteiger partial charge is 0.480 e. The molecule has 4 rings (SSSR count). The Labute approximate surface area is 205 Å². The number of nitrogens with one attached hydrogen (secondary N) is 2. The molecule has 1 amide bonds. The minimum atomic E-state index is -0.508. The van der Waals surface area contributed by atoms with E-state index in [1.54, 1.807) is 18.6 Å². The lowest BCUT2D eigenvalue weighted by Gasteiger charge is -2.23. The first-order valence-electron chi connectivity index (χ1n) is 11.5. The highest BCUT2D eigenvalue weighted by atomic mass is 16.5. The fourth-order valence-corrected chi connectivity index (χ4v) is 3.90. The molecule has 0 aliphatic rings. The summed E-state index contributed by atoms with van der Waals surface area (Å²) in [7, 11) is 1.54. The summed E-state index contributed by atoms with van der Waals surface area (Å²) in [4.78, 5) is 26.7. The van der Waals surface area contributed by atoms with E-state index in [9.17, 15) is 4.79 Å². The number of ether oxygens (including phenoxy) is 1. The molecule has 1 aromatic carbocycles. The third-order valence-electron chi connectivity index (χ3n) is 5.71. The Morgan fingerprint density at radius 3 is 2.46 bits per heavy atom. The summed E-state index contributed by atoms with van der Waals surface area (Å²) in [5.74, 6) is 0.170. The van der Waals surface area contributed by atoms with Crippen molar-refractivity contribution in [1.29, 1.82) is 0 Å². The van der Waals surface area contributed by atoms with Gasteiger partial charge in [0.2, 0.25) is 11.8 Å². The summed E-state index contributed by atoms with van der Waals surface area (Å²) in [5, 5.41) is 6.49. The zero-order chi connectivity index (χ0) is 24.6. The van der Waals surface area contributed by atoms with Crippen LogP contribution in [0.1, 0.15) is 29.9 Å². The van der Waals surface area contributed by atoms with Gasteiger partial charge in [-0.1, -0.05) is 36.4 Å². The molecule has 0 bridgehead atoms. The second-order valence-corrected chi connectivity index (χ2v) is 8.34. The molecule has 3 aromatic heterocycles. The van der Waals surface area contributed by atoms with Gasteiger partial charge in [-0.15, -0.1) is 0 Å². The number of nitrogens with zero attached hydrogens (tertiary/aromatic N) is 3. The Kier molecular flexibility index (Phi) is 7.80. The number of hydrogen-bond acceptors (Lipinski definition) is 6. The number of carbonyl (C=O) groups is 1. The highest BCUT2D eigenvalue weighted by Crippen LogP contribution is 2.28. The standard InChI is InChI=1S/C28H29N5O2/c1-19-15-22(12-14-29-19)23-17-26(28(35-3)31-18-23)33-27(34)25(16-21-9-5-4-6-10-21)32-20(2)24-11-7-8-13-30-24/h4-15,17-18,20,25,32H,16H2,1-3H3,(H,33,34)/t20-,25-/m0/s1. The van der Waals surface area contributed by atoms with Crippen LogP contribution in [0.15, 0.2) is 85.3 Å². The number of methoxy groups -OCH3 is 1. The number of pyridine rings is 3. The van der Waals surface area contributed by atoms with Crippen molar-refractivity contribution in [2.75, 3.05) is 12.4 Å². The number of rotatable bonds is 9. The van der Waals surface area contributed by atoms with Crippen LogP contribution in [-0.2, 0) is 11.2 Å². The number of anilines is 1. The monoisotopic (exact) mass is 467 g/mol. The third kappa shape index (κ3) is 6.28. The zero-order valence-electron chi connectivity index (χ0n) is 20.1. The molecule has 0 saturated carbocycles. The van der Waals surface area contributed by atoms with Crippen LogP contribution >= 0.6 is 0 Å². The maximum absolute atomic E-state index is 13.6. The van der Waals surface area contributed by atoms with E-state index in [0.717, 1.165) is 28.1 Å². The molecule has 0 radical (unpaired) electrons. The number of benzene rings is 1. The summed E-state index contributed by atoms with van der Waals surface area (Å²) in [5.41, 5.74) is 5.16. The highest BCUT2D eigenvalue weighted by molar-refractivity contribution is 5.96. The van der Waals surface area contributed by atoms with Crippen molar-refractivity contribution in [3.63, 3.8) is 0 Å². The number of hydrogen-bond donors (Lipinski definition) is 2. The molecule has 0 fully saturated rings. The average Bonchev–Trinajstić information content (AvgIpc) is 2.89. The Balaban J connectivity index is 1.60. The molecule has 35 heavy (non-hydrogen) atoms. The van der Waals surface area contributed by atoms with Gasteiger partial charge in [0.25, 0.3) is 0 Å². The van der Waals surface area contributed by atoms with E-state index in [1.807, 2.05) is 80.6 Å². The molecule has 0 unspecified atom stereocenters. The molecule has 2 N–H and O–H groups in total. The maximum atomic E-state index is 13.6. The second-order valence-electron chi connectivity index (χ2n) is 8.34. The van der Waals surface area contributed by atoms with Gasteiger partial charge in [-0.25, -0.2) is 4.98 Å². The number of amides is 1. The number of carbonyl (C=O) groups excluding carboxylic acids is 1. The second kappa shape index (κ2) is 11.4. The van der Waals surface area contributed by atoms with Crippen LogP contribution < -0.4 is 15.4 Å². The minimum absolute atomic E-state index is 0.123. The Morgan fingerprint density at radius 2 is 1.74 bits per heavy atom. The van der Waals surface area contributed by atoms with E-state index in [2.05, 4.69) is 25.6 Å². The molecule has 7 nitrogen and oxygen atoms in total. The first kappa shape index (κ1) is 24.0. The number of aryl methyl sites for hydroxylation is 1. The Morgan fingerprint density at radius 1 is 0.943 bits per heavy atom. The summed E-state index contributed by atoms with van der Waals surface area (Å²) in [6.07, 6.45) is 5.75. The average molecular weight is 468 g/mol. The van der Waals surface area contributed by atoms with Gasteiger partial charge < -0.3 is 10.1 Å². The van der Waals surface area contributed by atoms with Gasteiger partial charge in [0.05, 0.1) is 18.8 Å². The highest BCUT2D eigenvalue weighted by Gasteiger charge is 2.23. The maximum Gasteiger partial charge on any atom is 0.242 e. The molecule has 2 atom stereocenters. The Bertz CT molecular complexity index is 1260. The zero-order valence-corrected chi connectivity index (χ0v) is 20.1. The van der Waals surface area contributed by atoms with Crippen molar-refractivity contribution in [3.8, 4) is 17.0 Å². The van der Waals surface area contributed by atoms with Gasteiger partial charge in [-0.05, 0) is 61.7 Å². The van der Waals surface area contributed by atoms with Crippen molar-refractivity contribution in [2.45, 2.75) is 32.4 Å². The van der Waals surface area contributed by atoms with Gasteiger partial charge in [0.1, 0.15) is 5.69 Å². The van der Waals surface area contributed by atoms with Crippen LogP contribution in [0.5, 0.6) is 5.88 Å². The molecule has 7 heteroatoms. The van der Waals surface area contributed by atoms with Gasteiger partial charge in [0, 0.05) is 35.9 Å². The molecular weight excluding hydrogens is 438 g/mol. The van der Waals surface area contributed by atoms with Gasteiger partial charge in [0.15, 0.2) is 0 Å². The molecular formula is C28H29N5O2. The van der Waals surface area contributed by atoms with Gasteiger partial charge in [-0.3, -0.25) is 20.1 Å². The topological polar surface area (TPSA) is 89.0 Å². The van der Waals surface area contributed by atoms with Gasteiger partial charge >= 0.3 is 0 Å². The fraction of sp³-hybridized carbons (Fsp3) is 0.214. The van der Waals surface area contributed by atoms with E-state index in [0.29, 0.717) is 18.0 Å². The molecule has 0 spiro atoms. The van der Waals surface area contributed by atoms with E-state index in [-0.39, 0.29) is 11.9 Å². The third-order valence-corrected chi connectivity index (χ3v) is 5.71. The van der Waals surface area contributed by atoms with E-state index in [4.69, 9.17) is 4.74 Å². The summed E-state index contributed by atoms with van der Waals surface area (Å²) >= 11 is 0. The van der Waals surface area contributed by atoms with Crippen molar-refractivity contribution in [3.05, 3.63) is 102 Å². The minimum Gasteiger partial charge on any atom is -0.480 e. The van der Waals surface area contributed by atoms with Crippen molar-refractivity contribution >= 4 is 11.6 Å². The molecule has 4 aromatic rings. The van der Waals surface area contributed by atoms with Crippen LogP contribution in [0.4, 0.5) is 5.69 Å². The Hall–Kier alpha value is -4.10. The SMILES string of the molecule is COc1ncc(-c2ccnc(C)c2)cc1NC(=O)[C@H](Cc1ccccc1)N[C@@H](C)c1ccccn1. The van der Waals surface area contributed by atoms with E-state index < -0.39 is 6.04 Å². The predicted octanol–water partition coefficient (Wildman–Crippen LogP) is 4.76. The first-order chi connectivity index (χ1) is 17.0. The van der Waals surface area contributed by atoms with E-state index in [1.165, 1.54) is 7.11 Å².